The number of hydrogen-bond acceptors (Lipinski definition) is 4. The number of hydrogen-bond donors (Lipinski definition) is 0. The summed E-state index contributed by atoms with van der Waals surface area (Å²) in [5.41, 5.74) is 3.00. The highest BCUT2D eigenvalue weighted by Crippen LogP contribution is 2.19. The van der Waals surface area contributed by atoms with Gasteiger partial charge >= 0.3 is 0 Å². The van der Waals surface area contributed by atoms with Crippen LogP contribution in [0.2, 0.25) is 0 Å². The summed E-state index contributed by atoms with van der Waals surface area (Å²) in [4.78, 5) is 2.00. The van der Waals surface area contributed by atoms with Gasteiger partial charge in [-0.3, -0.25) is 4.90 Å². The second kappa shape index (κ2) is 6.71. The van der Waals surface area contributed by atoms with Crippen LogP contribution >= 0.6 is 0 Å². The fraction of sp³-hybridized carbons (Fsp3) is 0.222. The summed E-state index contributed by atoms with van der Waals surface area (Å²) < 4.78 is 18.9. The average molecular weight is 311 g/mol. The molecule has 0 atom stereocenters. The SMILES string of the molecule is Cc1ccc(-c2nnc(CN(C)Cc3cccc(F)c3)o2)cc1. The molecule has 0 aliphatic carbocycles. The molecule has 118 valence electrons. The Morgan fingerprint density at radius 3 is 2.57 bits per heavy atom. The Morgan fingerprint density at radius 1 is 1.04 bits per heavy atom. The van der Waals surface area contributed by atoms with Crippen LogP contribution in [-0.4, -0.2) is 22.1 Å². The van der Waals surface area contributed by atoms with Crippen molar-refractivity contribution in [2.45, 2.75) is 20.0 Å². The van der Waals surface area contributed by atoms with Gasteiger partial charge in [0.15, 0.2) is 0 Å². The van der Waals surface area contributed by atoms with E-state index in [0.29, 0.717) is 24.9 Å². The third kappa shape index (κ3) is 4.02. The van der Waals surface area contributed by atoms with E-state index >= 15 is 0 Å². The van der Waals surface area contributed by atoms with Crippen molar-refractivity contribution >= 4 is 0 Å². The van der Waals surface area contributed by atoms with E-state index in [1.54, 1.807) is 6.07 Å². The zero-order valence-corrected chi connectivity index (χ0v) is 13.2. The first kappa shape index (κ1) is 15.4. The lowest BCUT2D eigenvalue weighted by Crippen LogP contribution is -2.17. The fourth-order valence-electron chi connectivity index (χ4n) is 2.36. The zero-order chi connectivity index (χ0) is 16.2. The Kier molecular flexibility index (Phi) is 4.48. The van der Waals surface area contributed by atoms with Gasteiger partial charge in [0, 0.05) is 12.1 Å². The van der Waals surface area contributed by atoms with E-state index in [9.17, 15) is 4.39 Å². The molecule has 0 amide bonds. The van der Waals surface area contributed by atoms with Crippen molar-refractivity contribution in [3.8, 4) is 11.5 Å². The lowest BCUT2D eigenvalue weighted by molar-refractivity contribution is 0.282. The highest BCUT2D eigenvalue weighted by atomic mass is 19.1. The van der Waals surface area contributed by atoms with E-state index in [2.05, 4.69) is 10.2 Å². The highest BCUT2D eigenvalue weighted by molar-refractivity contribution is 5.52. The summed E-state index contributed by atoms with van der Waals surface area (Å²) in [6.07, 6.45) is 0. The highest BCUT2D eigenvalue weighted by Gasteiger charge is 2.11. The van der Waals surface area contributed by atoms with Crippen molar-refractivity contribution in [2.24, 2.45) is 0 Å². The summed E-state index contributed by atoms with van der Waals surface area (Å²) in [7, 11) is 1.93. The second-order valence-corrected chi connectivity index (χ2v) is 5.67. The smallest absolute Gasteiger partial charge is 0.247 e. The first-order valence-electron chi connectivity index (χ1n) is 7.42. The van der Waals surface area contributed by atoms with Crippen LogP contribution in [0.25, 0.3) is 11.5 Å². The normalized spacial score (nSPS) is 11.1. The number of aromatic nitrogens is 2. The maximum absolute atomic E-state index is 13.2. The second-order valence-electron chi connectivity index (χ2n) is 5.67. The molecule has 0 N–H and O–H groups in total. The molecule has 23 heavy (non-hydrogen) atoms. The van der Waals surface area contributed by atoms with E-state index in [4.69, 9.17) is 4.42 Å². The summed E-state index contributed by atoms with van der Waals surface area (Å²) in [6, 6.07) is 14.5. The van der Waals surface area contributed by atoms with Gasteiger partial charge in [-0.05, 0) is 43.8 Å². The van der Waals surface area contributed by atoms with Crippen LogP contribution < -0.4 is 0 Å². The van der Waals surface area contributed by atoms with Gasteiger partial charge < -0.3 is 4.42 Å². The number of nitrogens with zero attached hydrogens (tertiary/aromatic N) is 3. The molecule has 0 aliphatic heterocycles. The van der Waals surface area contributed by atoms with Crippen LogP contribution in [0.15, 0.2) is 52.9 Å². The molecule has 1 heterocycles. The molecule has 1 aromatic heterocycles. The minimum Gasteiger partial charge on any atom is -0.419 e. The maximum Gasteiger partial charge on any atom is 0.247 e. The van der Waals surface area contributed by atoms with E-state index in [-0.39, 0.29) is 5.82 Å². The Hall–Kier alpha value is -2.53. The lowest BCUT2D eigenvalue weighted by atomic mass is 10.1. The van der Waals surface area contributed by atoms with Gasteiger partial charge in [0.1, 0.15) is 5.82 Å². The van der Waals surface area contributed by atoms with Crippen molar-refractivity contribution in [2.75, 3.05) is 7.05 Å². The Balaban J connectivity index is 1.65. The van der Waals surface area contributed by atoms with Crippen molar-refractivity contribution in [1.29, 1.82) is 0 Å². The topological polar surface area (TPSA) is 42.2 Å². The van der Waals surface area contributed by atoms with Crippen LogP contribution in [0.1, 0.15) is 17.0 Å². The number of rotatable bonds is 5. The molecule has 4 nitrogen and oxygen atoms in total. The molecule has 0 aliphatic rings. The van der Waals surface area contributed by atoms with Gasteiger partial charge in [0.25, 0.3) is 0 Å². The fourth-order valence-corrected chi connectivity index (χ4v) is 2.36. The van der Waals surface area contributed by atoms with E-state index in [0.717, 1.165) is 11.1 Å². The van der Waals surface area contributed by atoms with Crippen molar-refractivity contribution in [1.82, 2.24) is 15.1 Å². The van der Waals surface area contributed by atoms with Crippen molar-refractivity contribution in [3.05, 3.63) is 71.4 Å². The summed E-state index contributed by atoms with van der Waals surface area (Å²) in [5.74, 6) is 0.828. The first-order valence-corrected chi connectivity index (χ1v) is 7.42. The third-order valence-electron chi connectivity index (χ3n) is 3.51. The van der Waals surface area contributed by atoms with E-state index in [1.807, 2.05) is 49.2 Å². The maximum atomic E-state index is 13.2. The van der Waals surface area contributed by atoms with Gasteiger partial charge in [-0.2, -0.15) is 0 Å². The monoisotopic (exact) mass is 311 g/mol. The van der Waals surface area contributed by atoms with Gasteiger partial charge in [0.05, 0.1) is 6.54 Å². The van der Waals surface area contributed by atoms with Gasteiger partial charge in [-0.25, -0.2) is 4.39 Å². The number of aryl methyl sites for hydroxylation is 1. The molecular weight excluding hydrogens is 293 g/mol. The van der Waals surface area contributed by atoms with Crippen LogP contribution in [-0.2, 0) is 13.1 Å². The Bertz CT molecular complexity index is 783. The predicted octanol–water partition coefficient (Wildman–Crippen LogP) is 3.82. The first-order chi connectivity index (χ1) is 11.1. The third-order valence-corrected chi connectivity index (χ3v) is 3.51. The minimum absolute atomic E-state index is 0.227. The Labute approximate surface area is 134 Å². The molecule has 0 saturated heterocycles. The number of halogens is 1. The summed E-state index contributed by atoms with van der Waals surface area (Å²) >= 11 is 0. The largest absolute Gasteiger partial charge is 0.419 e. The van der Waals surface area contributed by atoms with E-state index < -0.39 is 0 Å². The van der Waals surface area contributed by atoms with Crippen LogP contribution in [0, 0.1) is 12.7 Å². The lowest BCUT2D eigenvalue weighted by Gasteiger charge is -2.14. The standard InChI is InChI=1S/C18H18FN3O/c1-13-6-8-15(9-7-13)18-21-20-17(23-18)12-22(2)11-14-4-3-5-16(19)10-14/h3-10H,11-12H2,1-2H3. The van der Waals surface area contributed by atoms with Crippen LogP contribution in [0.3, 0.4) is 0 Å². The average Bonchev–Trinajstić information content (AvgIpc) is 2.96. The van der Waals surface area contributed by atoms with Crippen molar-refractivity contribution in [3.63, 3.8) is 0 Å². The van der Waals surface area contributed by atoms with E-state index in [1.165, 1.54) is 17.7 Å². The predicted molar refractivity (Wildman–Crippen MR) is 86.0 cm³/mol. The number of benzene rings is 2. The molecule has 0 radical (unpaired) electrons. The molecule has 0 unspecified atom stereocenters. The molecule has 0 spiro atoms. The molecule has 0 saturated carbocycles. The molecule has 3 aromatic rings. The molecule has 2 aromatic carbocycles. The zero-order valence-electron chi connectivity index (χ0n) is 13.2. The summed E-state index contributed by atoms with van der Waals surface area (Å²) in [6.45, 7) is 3.15. The molecule has 5 heteroatoms. The van der Waals surface area contributed by atoms with Gasteiger partial charge in [-0.15, -0.1) is 10.2 Å². The van der Waals surface area contributed by atoms with Gasteiger partial charge in [-0.1, -0.05) is 29.8 Å². The molecule has 3 rings (SSSR count). The quantitative estimate of drug-likeness (QED) is 0.718. The summed E-state index contributed by atoms with van der Waals surface area (Å²) in [5, 5.41) is 8.17. The minimum atomic E-state index is -0.227. The van der Waals surface area contributed by atoms with Crippen LogP contribution in [0.5, 0.6) is 0 Å². The molecule has 0 fully saturated rings. The van der Waals surface area contributed by atoms with Gasteiger partial charge in [0.2, 0.25) is 11.8 Å². The molecular formula is C18H18FN3O. The van der Waals surface area contributed by atoms with Crippen LogP contribution in [0.4, 0.5) is 4.39 Å². The Morgan fingerprint density at radius 2 is 1.83 bits per heavy atom. The molecule has 0 bridgehead atoms. The van der Waals surface area contributed by atoms with Crippen molar-refractivity contribution < 1.29 is 8.81 Å².